The first-order valence-corrected chi connectivity index (χ1v) is 9.98. The van der Waals surface area contributed by atoms with Crippen LogP contribution in [0.15, 0.2) is 42.5 Å². The molecule has 0 aliphatic carbocycles. The third kappa shape index (κ3) is 5.01. The monoisotopic (exact) mass is 435 g/mol. The van der Waals surface area contributed by atoms with Crippen LogP contribution in [0.25, 0.3) is 0 Å². The molecule has 0 aromatic heterocycles. The van der Waals surface area contributed by atoms with Crippen molar-refractivity contribution in [2.24, 2.45) is 0 Å². The number of benzene rings is 2. The Balaban J connectivity index is 2.02. The summed E-state index contributed by atoms with van der Waals surface area (Å²) >= 11 is 12.6. The first-order valence-electron chi connectivity index (χ1n) is 9.22. The second-order valence-electron chi connectivity index (χ2n) is 7.38. The summed E-state index contributed by atoms with van der Waals surface area (Å²) in [5.74, 6) is -1.09. The smallest absolute Gasteiger partial charge is 0.326 e. The minimum Gasteiger partial charge on any atom is -0.480 e. The fourth-order valence-corrected chi connectivity index (χ4v) is 4.22. The van der Waals surface area contributed by atoms with Gasteiger partial charge in [0.05, 0.1) is 19.1 Å². The van der Waals surface area contributed by atoms with Crippen molar-refractivity contribution in [2.45, 2.75) is 24.9 Å². The van der Waals surface area contributed by atoms with Gasteiger partial charge < -0.3 is 15.3 Å². The molecular formula is C21H23Cl2N3O3. The number of anilines is 1. The summed E-state index contributed by atoms with van der Waals surface area (Å²) < 4.78 is 0. The van der Waals surface area contributed by atoms with Crippen molar-refractivity contribution < 1.29 is 14.7 Å². The van der Waals surface area contributed by atoms with Gasteiger partial charge in [-0.2, -0.15) is 0 Å². The lowest BCUT2D eigenvalue weighted by molar-refractivity contribution is -0.141. The van der Waals surface area contributed by atoms with Gasteiger partial charge in [0.15, 0.2) is 0 Å². The van der Waals surface area contributed by atoms with Gasteiger partial charge in [0.2, 0.25) is 5.91 Å². The number of halogens is 2. The maximum atomic E-state index is 13.3. The van der Waals surface area contributed by atoms with E-state index in [-0.39, 0.29) is 18.7 Å². The van der Waals surface area contributed by atoms with Crippen LogP contribution in [-0.4, -0.2) is 53.6 Å². The van der Waals surface area contributed by atoms with Crippen molar-refractivity contribution in [1.82, 2.24) is 9.80 Å². The zero-order valence-electron chi connectivity index (χ0n) is 16.2. The summed E-state index contributed by atoms with van der Waals surface area (Å²) in [5, 5.41) is 13.4. The molecule has 2 atom stereocenters. The number of rotatable bonds is 6. The minimum atomic E-state index is -0.989. The number of aliphatic carboxylic acids is 1. The van der Waals surface area contributed by atoms with Gasteiger partial charge in [-0.05, 0) is 31.8 Å². The molecule has 8 heteroatoms. The average Bonchev–Trinajstić information content (AvgIpc) is 2.65. The molecule has 2 aromatic carbocycles. The molecule has 0 fully saturated rings. The summed E-state index contributed by atoms with van der Waals surface area (Å²) in [6.07, 6.45) is 0.426. The summed E-state index contributed by atoms with van der Waals surface area (Å²) in [6, 6.07) is 11.4. The molecule has 0 radical (unpaired) electrons. The minimum absolute atomic E-state index is 0.0992. The molecule has 0 saturated heterocycles. The van der Waals surface area contributed by atoms with Crippen LogP contribution in [0.1, 0.15) is 23.6 Å². The van der Waals surface area contributed by atoms with E-state index < -0.39 is 18.1 Å². The predicted molar refractivity (Wildman–Crippen MR) is 114 cm³/mol. The van der Waals surface area contributed by atoms with Crippen LogP contribution in [0.4, 0.5) is 5.69 Å². The number of amides is 1. The number of hydrogen-bond donors (Lipinski definition) is 2. The van der Waals surface area contributed by atoms with Gasteiger partial charge in [0, 0.05) is 27.7 Å². The third-order valence-electron chi connectivity index (χ3n) is 4.84. The van der Waals surface area contributed by atoms with E-state index in [9.17, 15) is 14.7 Å². The number of hydrogen-bond acceptors (Lipinski definition) is 4. The molecule has 3 rings (SSSR count). The van der Waals surface area contributed by atoms with Crippen LogP contribution in [0.5, 0.6) is 0 Å². The van der Waals surface area contributed by atoms with Gasteiger partial charge in [0.1, 0.15) is 6.04 Å². The standard InChI is InChI=1S/C21H23Cl2N3O3/c1-25(2)12-26(19(27)8-13-6-4-3-5-7-13)18-11-17(21(28)29)24-16-10-14(22)9-15(23)20(16)18/h3-7,9-10,17-18,24H,8,11-12H2,1-2H3,(H,28,29). The van der Waals surface area contributed by atoms with Crippen molar-refractivity contribution in [3.05, 3.63) is 63.6 Å². The number of nitrogens with zero attached hydrogens (tertiary/aromatic N) is 2. The van der Waals surface area contributed by atoms with E-state index in [2.05, 4.69) is 5.32 Å². The molecule has 0 saturated carbocycles. The molecule has 0 bridgehead atoms. The largest absolute Gasteiger partial charge is 0.480 e. The second-order valence-corrected chi connectivity index (χ2v) is 8.23. The number of carboxylic acids is 1. The van der Waals surface area contributed by atoms with E-state index >= 15 is 0 Å². The third-order valence-corrected chi connectivity index (χ3v) is 5.38. The van der Waals surface area contributed by atoms with Crippen molar-refractivity contribution in [3.63, 3.8) is 0 Å². The van der Waals surface area contributed by atoms with Crippen LogP contribution in [0.3, 0.4) is 0 Å². The Hall–Kier alpha value is -2.28. The highest BCUT2D eigenvalue weighted by Crippen LogP contribution is 2.43. The molecule has 29 heavy (non-hydrogen) atoms. The highest BCUT2D eigenvalue weighted by molar-refractivity contribution is 6.35. The Morgan fingerprint density at radius 3 is 2.48 bits per heavy atom. The van der Waals surface area contributed by atoms with Crippen molar-refractivity contribution in [3.8, 4) is 0 Å². The Kier molecular flexibility index (Phi) is 6.67. The molecule has 1 heterocycles. The van der Waals surface area contributed by atoms with E-state index in [0.29, 0.717) is 28.0 Å². The van der Waals surface area contributed by atoms with Gasteiger partial charge in [-0.1, -0.05) is 53.5 Å². The van der Waals surface area contributed by atoms with Crippen molar-refractivity contribution >= 4 is 40.8 Å². The topological polar surface area (TPSA) is 72.9 Å². The van der Waals surface area contributed by atoms with Gasteiger partial charge in [-0.25, -0.2) is 4.79 Å². The number of nitrogens with one attached hydrogen (secondary N) is 1. The fraction of sp³-hybridized carbons (Fsp3) is 0.333. The lowest BCUT2D eigenvalue weighted by Crippen LogP contribution is -2.47. The first-order chi connectivity index (χ1) is 13.8. The van der Waals surface area contributed by atoms with Gasteiger partial charge in [0.25, 0.3) is 0 Å². The number of fused-ring (bicyclic) bond motifs is 1. The molecule has 2 unspecified atom stereocenters. The van der Waals surface area contributed by atoms with E-state index in [1.165, 1.54) is 0 Å². The molecule has 6 nitrogen and oxygen atoms in total. The van der Waals surface area contributed by atoms with Gasteiger partial charge in [-0.15, -0.1) is 0 Å². The molecule has 1 aliphatic rings. The van der Waals surface area contributed by atoms with E-state index in [0.717, 1.165) is 5.56 Å². The quantitative estimate of drug-likeness (QED) is 0.673. The summed E-state index contributed by atoms with van der Waals surface area (Å²) in [7, 11) is 3.73. The Morgan fingerprint density at radius 1 is 1.17 bits per heavy atom. The molecule has 154 valence electrons. The molecule has 1 aliphatic heterocycles. The van der Waals surface area contributed by atoms with E-state index in [1.807, 2.05) is 49.3 Å². The number of carbonyl (C=O) groups excluding carboxylic acids is 1. The molecule has 0 spiro atoms. The number of carboxylic acid groups (broad SMARTS) is 1. The van der Waals surface area contributed by atoms with Crippen LogP contribution >= 0.6 is 23.2 Å². The SMILES string of the molecule is CN(C)CN(C(=O)Cc1ccccc1)C1CC(C(=O)O)Nc2cc(Cl)cc(Cl)c21. The van der Waals surface area contributed by atoms with Crippen LogP contribution in [0.2, 0.25) is 10.0 Å². The molecular weight excluding hydrogens is 413 g/mol. The summed E-state index contributed by atoms with van der Waals surface area (Å²) in [4.78, 5) is 28.6. The Morgan fingerprint density at radius 2 is 1.86 bits per heavy atom. The molecule has 2 aromatic rings. The predicted octanol–water partition coefficient (Wildman–Crippen LogP) is 3.89. The summed E-state index contributed by atoms with van der Waals surface area (Å²) in [5.41, 5.74) is 2.13. The van der Waals surface area contributed by atoms with Crippen LogP contribution in [0, 0.1) is 0 Å². The molecule has 2 N–H and O–H groups in total. The Bertz CT molecular complexity index is 906. The highest BCUT2D eigenvalue weighted by Gasteiger charge is 2.37. The average molecular weight is 436 g/mol. The Labute approximate surface area is 180 Å². The van der Waals surface area contributed by atoms with Gasteiger partial charge in [-0.3, -0.25) is 9.69 Å². The zero-order chi connectivity index (χ0) is 21.1. The summed E-state index contributed by atoms with van der Waals surface area (Å²) in [6.45, 7) is 0.334. The second kappa shape index (κ2) is 9.03. The van der Waals surface area contributed by atoms with Crippen LogP contribution in [-0.2, 0) is 16.0 Å². The normalized spacial score (nSPS) is 18.1. The van der Waals surface area contributed by atoms with E-state index in [4.69, 9.17) is 23.2 Å². The maximum Gasteiger partial charge on any atom is 0.326 e. The number of carbonyl (C=O) groups is 2. The van der Waals surface area contributed by atoms with Crippen molar-refractivity contribution in [2.75, 3.05) is 26.1 Å². The molecule has 1 amide bonds. The highest BCUT2D eigenvalue weighted by atomic mass is 35.5. The lowest BCUT2D eigenvalue weighted by atomic mass is 9.91. The van der Waals surface area contributed by atoms with Gasteiger partial charge >= 0.3 is 5.97 Å². The first kappa shape index (κ1) is 21.4. The zero-order valence-corrected chi connectivity index (χ0v) is 17.7. The lowest BCUT2D eigenvalue weighted by Gasteiger charge is -2.40. The fourth-order valence-electron chi connectivity index (χ4n) is 3.60. The van der Waals surface area contributed by atoms with Crippen LogP contribution < -0.4 is 5.32 Å². The van der Waals surface area contributed by atoms with E-state index in [1.54, 1.807) is 17.0 Å². The maximum absolute atomic E-state index is 13.3. The van der Waals surface area contributed by atoms with Crippen molar-refractivity contribution in [1.29, 1.82) is 0 Å².